The van der Waals surface area contributed by atoms with E-state index in [2.05, 4.69) is 28.9 Å². The highest BCUT2D eigenvalue weighted by molar-refractivity contribution is 5.90. The quantitative estimate of drug-likeness (QED) is 0.771. The van der Waals surface area contributed by atoms with Crippen molar-refractivity contribution in [1.82, 2.24) is 9.88 Å². The number of ether oxygens (including phenoxy) is 1. The summed E-state index contributed by atoms with van der Waals surface area (Å²) in [5.41, 5.74) is 0.555. The molecule has 0 aliphatic carbocycles. The molecule has 0 aromatic carbocycles. The minimum absolute atomic E-state index is 0.315. The zero-order valence-corrected chi connectivity index (χ0v) is 11.8. The van der Waals surface area contributed by atoms with Crippen molar-refractivity contribution in [2.45, 2.75) is 18.9 Å². The van der Waals surface area contributed by atoms with Gasteiger partial charge in [0.05, 0.1) is 12.7 Å². The third-order valence-electron chi connectivity index (χ3n) is 3.62. The second-order valence-electron chi connectivity index (χ2n) is 5.10. The lowest BCUT2D eigenvalue weighted by atomic mass is 10.0. The molecule has 0 radical (unpaired) electrons. The highest BCUT2D eigenvalue weighted by Gasteiger charge is 2.22. The number of rotatable bonds is 3. The van der Waals surface area contributed by atoms with Gasteiger partial charge in [-0.05, 0) is 39.1 Å². The third kappa shape index (κ3) is 3.23. The number of anilines is 1. The molecule has 1 saturated heterocycles. The number of methoxy groups -OCH3 is 1. The molecule has 1 unspecified atom stereocenters. The average molecular weight is 263 g/mol. The van der Waals surface area contributed by atoms with Crippen molar-refractivity contribution in [3.05, 3.63) is 23.9 Å². The van der Waals surface area contributed by atoms with Crippen LogP contribution in [0, 0.1) is 0 Å². The van der Waals surface area contributed by atoms with Gasteiger partial charge in [0.25, 0.3) is 0 Å². The predicted molar refractivity (Wildman–Crippen MR) is 74.5 cm³/mol. The van der Waals surface area contributed by atoms with Crippen LogP contribution in [-0.4, -0.2) is 56.2 Å². The van der Waals surface area contributed by atoms with Crippen LogP contribution in [0.25, 0.3) is 0 Å². The van der Waals surface area contributed by atoms with Gasteiger partial charge in [-0.2, -0.15) is 0 Å². The minimum Gasteiger partial charge on any atom is -0.465 e. The number of hydrogen-bond acceptors (Lipinski definition) is 5. The smallest absolute Gasteiger partial charge is 0.338 e. The van der Waals surface area contributed by atoms with Gasteiger partial charge >= 0.3 is 5.97 Å². The van der Waals surface area contributed by atoms with Crippen molar-refractivity contribution in [1.29, 1.82) is 0 Å². The summed E-state index contributed by atoms with van der Waals surface area (Å²) in [4.78, 5) is 20.4. The number of nitrogens with zero attached hydrogens (tertiary/aromatic N) is 3. The second kappa shape index (κ2) is 6.02. The van der Waals surface area contributed by atoms with E-state index in [1.54, 1.807) is 12.3 Å². The van der Waals surface area contributed by atoms with Crippen LogP contribution < -0.4 is 4.90 Å². The van der Waals surface area contributed by atoms with Crippen LogP contribution in [0.2, 0.25) is 0 Å². The average Bonchev–Trinajstić information content (AvgIpc) is 2.46. The van der Waals surface area contributed by atoms with Crippen LogP contribution in [0.3, 0.4) is 0 Å². The molecule has 1 fully saturated rings. The van der Waals surface area contributed by atoms with Crippen LogP contribution in [-0.2, 0) is 4.74 Å². The SMILES string of the molecule is COC(=O)c1ccnc(N2CCCC(N(C)C)C2)c1. The normalized spacial score (nSPS) is 19.6. The first-order valence-corrected chi connectivity index (χ1v) is 6.57. The van der Waals surface area contributed by atoms with Crippen molar-refractivity contribution < 1.29 is 9.53 Å². The largest absolute Gasteiger partial charge is 0.465 e. The first-order chi connectivity index (χ1) is 9.11. The summed E-state index contributed by atoms with van der Waals surface area (Å²) in [6.45, 7) is 1.94. The maximum Gasteiger partial charge on any atom is 0.338 e. The van der Waals surface area contributed by atoms with Crippen molar-refractivity contribution >= 4 is 11.8 Å². The lowest BCUT2D eigenvalue weighted by molar-refractivity contribution is 0.0600. The van der Waals surface area contributed by atoms with Gasteiger partial charge in [-0.25, -0.2) is 9.78 Å². The maximum atomic E-state index is 11.5. The molecule has 0 N–H and O–H groups in total. The van der Waals surface area contributed by atoms with Gasteiger partial charge in [0.2, 0.25) is 0 Å². The molecule has 2 heterocycles. The van der Waals surface area contributed by atoms with E-state index < -0.39 is 0 Å². The number of esters is 1. The zero-order valence-electron chi connectivity index (χ0n) is 11.8. The Morgan fingerprint density at radius 2 is 2.32 bits per heavy atom. The van der Waals surface area contributed by atoms with E-state index in [0.29, 0.717) is 11.6 Å². The fourth-order valence-electron chi connectivity index (χ4n) is 2.42. The maximum absolute atomic E-state index is 11.5. The molecule has 1 aromatic heterocycles. The molecule has 1 aromatic rings. The zero-order chi connectivity index (χ0) is 13.8. The van der Waals surface area contributed by atoms with Gasteiger partial charge in [-0.3, -0.25) is 0 Å². The fourth-order valence-corrected chi connectivity index (χ4v) is 2.42. The van der Waals surface area contributed by atoms with Crippen LogP contribution in [0.15, 0.2) is 18.3 Å². The number of aromatic nitrogens is 1. The molecule has 5 heteroatoms. The van der Waals surface area contributed by atoms with Gasteiger partial charge in [0.15, 0.2) is 0 Å². The lowest BCUT2D eigenvalue weighted by Gasteiger charge is -2.36. The standard InChI is InChI=1S/C14H21N3O2/c1-16(2)12-5-4-8-17(10-12)13-9-11(6-7-15-13)14(18)19-3/h6-7,9,12H,4-5,8,10H2,1-3H3. The molecule has 19 heavy (non-hydrogen) atoms. The Balaban J connectivity index is 2.15. The molecule has 104 valence electrons. The first kappa shape index (κ1) is 13.8. The van der Waals surface area contributed by atoms with Gasteiger partial charge in [-0.15, -0.1) is 0 Å². The highest BCUT2D eigenvalue weighted by atomic mass is 16.5. The van der Waals surface area contributed by atoms with Crippen molar-refractivity contribution in [3.63, 3.8) is 0 Å². The molecule has 1 aliphatic rings. The molecule has 0 amide bonds. The molecular formula is C14H21N3O2. The van der Waals surface area contributed by atoms with Gasteiger partial charge in [-0.1, -0.05) is 0 Å². The Labute approximate surface area is 114 Å². The summed E-state index contributed by atoms with van der Waals surface area (Å²) in [6.07, 6.45) is 4.02. The van der Waals surface area contributed by atoms with E-state index in [1.165, 1.54) is 13.5 Å². The van der Waals surface area contributed by atoms with E-state index in [4.69, 9.17) is 4.74 Å². The second-order valence-corrected chi connectivity index (χ2v) is 5.10. The van der Waals surface area contributed by atoms with Crippen LogP contribution in [0.4, 0.5) is 5.82 Å². The number of carbonyl (C=O) groups excluding carboxylic acids is 1. The fraction of sp³-hybridized carbons (Fsp3) is 0.571. The molecule has 5 nitrogen and oxygen atoms in total. The Morgan fingerprint density at radius 1 is 1.53 bits per heavy atom. The number of carbonyl (C=O) groups is 1. The monoisotopic (exact) mass is 263 g/mol. The van der Waals surface area contributed by atoms with Gasteiger partial charge < -0.3 is 14.5 Å². The molecule has 1 atom stereocenters. The Kier molecular flexibility index (Phi) is 4.37. The van der Waals surface area contributed by atoms with E-state index >= 15 is 0 Å². The summed E-state index contributed by atoms with van der Waals surface area (Å²) in [6, 6.07) is 4.03. The van der Waals surface area contributed by atoms with E-state index in [0.717, 1.165) is 25.3 Å². The van der Waals surface area contributed by atoms with Gasteiger partial charge in [0.1, 0.15) is 5.82 Å². The summed E-state index contributed by atoms with van der Waals surface area (Å²) in [5.74, 6) is 0.541. The first-order valence-electron chi connectivity index (χ1n) is 6.57. The van der Waals surface area contributed by atoms with E-state index in [9.17, 15) is 4.79 Å². The van der Waals surface area contributed by atoms with E-state index in [1.807, 2.05) is 6.07 Å². The topological polar surface area (TPSA) is 45.7 Å². The third-order valence-corrected chi connectivity index (χ3v) is 3.62. The van der Waals surface area contributed by atoms with Crippen LogP contribution in [0.5, 0.6) is 0 Å². The molecule has 0 bridgehead atoms. The Hall–Kier alpha value is -1.62. The molecular weight excluding hydrogens is 242 g/mol. The van der Waals surface area contributed by atoms with E-state index in [-0.39, 0.29) is 5.97 Å². The van der Waals surface area contributed by atoms with Crippen LogP contribution >= 0.6 is 0 Å². The highest BCUT2D eigenvalue weighted by Crippen LogP contribution is 2.20. The summed E-state index contributed by atoms with van der Waals surface area (Å²) >= 11 is 0. The lowest BCUT2D eigenvalue weighted by Crippen LogP contribution is -2.45. The van der Waals surface area contributed by atoms with Crippen molar-refractivity contribution in [2.24, 2.45) is 0 Å². The molecule has 2 rings (SSSR count). The summed E-state index contributed by atoms with van der Waals surface area (Å²) in [5, 5.41) is 0. The molecule has 1 aliphatic heterocycles. The minimum atomic E-state index is -0.315. The van der Waals surface area contributed by atoms with Crippen LogP contribution in [0.1, 0.15) is 23.2 Å². The Bertz CT molecular complexity index is 448. The summed E-state index contributed by atoms with van der Waals surface area (Å²) in [7, 11) is 5.60. The molecule has 0 spiro atoms. The van der Waals surface area contributed by atoms with Crippen molar-refractivity contribution in [3.8, 4) is 0 Å². The van der Waals surface area contributed by atoms with Gasteiger partial charge in [0, 0.05) is 25.3 Å². The number of hydrogen-bond donors (Lipinski definition) is 0. The predicted octanol–water partition coefficient (Wildman–Crippen LogP) is 1.40. The van der Waals surface area contributed by atoms with Crippen molar-refractivity contribution in [2.75, 3.05) is 39.2 Å². The number of pyridine rings is 1. The molecule has 0 saturated carbocycles. The number of piperidine rings is 1. The summed E-state index contributed by atoms with van der Waals surface area (Å²) < 4.78 is 4.74. The number of likely N-dealkylation sites (N-methyl/N-ethyl adjacent to an activating group) is 1. The Morgan fingerprint density at radius 3 is 3.00 bits per heavy atom.